The summed E-state index contributed by atoms with van der Waals surface area (Å²) in [7, 11) is -3.75. The summed E-state index contributed by atoms with van der Waals surface area (Å²) in [5, 5.41) is 27.1. The lowest BCUT2D eigenvalue weighted by Crippen LogP contribution is -2.48. The molecule has 1 aliphatic rings. The van der Waals surface area contributed by atoms with Gasteiger partial charge >= 0.3 is 6.09 Å². The number of carbonyl (C=O) groups is 1. The predicted octanol–water partition coefficient (Wildman–Crippen LogP) is 3.33. The number of aromatic amines is 1. The molecule has 2 aromatic heterocycles. The Labute approximate surface area is 229 Å². The van der Waals surface area contributed by atoms with Crippen molar-refractivity contribution < 1.29 is 18.3 Å². The Bertz CT molecular complexity index is 1730. The highest BCUT2D eigenvalue weighted by molar-refractivity contribution is 7.89. The molecule has 206 valence electrons. The molecular weight excluding hydrogens is 534 g/mol. The van der Waals surface area contributed by atoms with Crippen molar-refractivity contribution in [1.82, 2.24) is 24.4 Å². The fourth-order valence-electron chi connectivity index (χ4n) is 4.96. The Kier molecular flexibility index (Phi) is 7.29. The zero-order valence-electron chi connectivity index (χ0n) is 21.4. The van der Waals surface area contributed by atoms with Crippen LogP contribution in [0.5, 0.6) is 0 Å². The predicted molar refractivity (Wildman–Crippen MR) is 148 cm³/mol. The fourth-order valence-corrected chi connectivity index (χ4v) is 5.98. The van der Waals surface area contributed by atoms with Crippen molar-refractivity contribution >= 4 is 38.5 Å². The molecule has 3 heterocycles. The summed E-state index contributed by atoms with van der Waals surface area (Å²) in [6.07, 6.45) is 1.29. The summed E-state index contributed by atoms with van der Waals surface area (Å²) in [6.45, 7) is 0.626. The van der Waals surface area contributed by atoms with Crippen LogP contribution in [0.2, 0.25) is 0 Å². The van der Waals surface area contributed by atoms with Gasteiger partial charge in [-0.05, 0) is 48.7 Å². The quantitative estimate of drug-likeness (QED) is 0.253. The molecule has 0 radical (unpaired) electrons. The first-order valence-electron chi connectivity index (χ1n) is 12.6. The van der Waals surface area contributed by atoms with Gasteiger partial charge in [0, 0.05) is 31.5 Å². The molecule has 40 heavy (non-hydrogen) atoms. The maximum absolute atomic E-state index is 12.9. The first-order valence-corrected chi connectivity index (χ1v) is 14.1. The Hall–Kier alpha value is -4.67. The third-order valence-corrected chi connectivity index (χ3v) is 8.58. The standard InChI is InChI=1S/C27H27N7O5S/c28-14-11-27(12-16-33(17-13-27)26(36)37)34-22-10-15-29-25(35)23(22)24(32-34)31-20-6-8-21(9-7-20)40(38,39)30-18-19-4-2-1-3-5-19/h1-10,15,30H,11-13,16-18H2,(H,29,35)(H,31,32)(H,36,37). The minimum atomic E-state index is -3.75. The van der Waals surface area contributed by atoms with Crippen molar-refractivity contribution in [2.24, 2.45) is 0 Å². The zero-order valence-corrected chi connectivity index (χ0v) is 22.2. The van der Waals surface area contributed by atoms with Crippen LogP contribution in [0, 0.1) is 11.3 Å². The van der Waals surface area contributed by atoms with Crippen molar-refractivity contribution in [3.63, 3.8) is 0 Å². The minimum Gasteiger partial charge on any atom is -0.465 e. The van der Waals surface area contributed by atoms with Crippen molar-refractivity contribution in [2.75, 3.05) is 18.4 Å². The highest BCUT2D eigenvalue weighted by atomic mass is 32.2. The molecule has 0 aliphatic carbocycles. The number of hydrogen-bond donors (Lipinski definition) is 4. The van der Waals surface area contributed by atoms with E-state index in [4.69, 9.17) is 5.10 Å². The van der Waals surface area contributed by atoms with Crippen LogP contribution < -0.4 is 15.6 Å². The maximum atomic E-state index is 12.9. The third kappa shape index (κ3) is 5.27. The molecule has 0 unspecified atom stereocenters. The lowest BCUT2D eigenvalue weighted by molar-refractivity contribution is 0.0912. The number of amides is 1. The number of hydrogen-bond acceptors (Lipinski definition) is 7. The summed E-state index contributed by atoms with van der Waals surface area (Å²) < 4.78 is 29.8. The molecule has 4 N–H and O–H groups in total. The van der Waals surface area contributed by atoms with E-state index in [1.165, 1.54) is 23.2 Å². The monoisotopic (exact) mass is 561 g/mol. The van der Waals surface area contributed by atoms with Crippen molar-refractivity contribution in [3.05, 3.63) is 82.8 Å². The maximum Gasteiger partial charge on any atom is 0.407 e. The Balaban J connectivity index is 1.43. The summed E-state index contributed by atoms with van der Waals surface area (Å²) in [6, 6.07) is 19.2. The summed E-state index contributed by atoms with van der Waals surface area (Å²) in [4.78, 5) is 28.4. The molecule has 1 amide bonds. The van der Waals surface area contributed by atoms with Gasteiger partial charge in [0.2, 0.25) is 10.0 Å². The molecular formula is C27H27N7O5S. The van der Waals surface area contributed by atoms with Crippen LogP contribution >= 0.6 is 0 Å². The number of fused-ring (bicyclic) bond motifs is 1. The van der Waals surface area contributed by atoms with Crippen molar-refractivity contribution in [2.45, 2.75) is 36.2 Å². The van der Waals surface area contributed by atoms with Gasteiger partial charge in [-0.3, -0.25) is 9.48 Å². The van der Waals surface area contributed by atoms with Gasteiger partial charge in [-0.2, -0.15) is 10.4 Å². The fraction of sp³-hybridized carbons (Fsp3) is 0.259. The molecule has 4 aromatic rings. The number of carboxylic acid groups (broad SMARTS) is 1. The van der Waals surface area contributed by atoms with Crippen LogP contribution in [0.25, 0.3) is 10.9 Å². The van der Waals surface area contributed by atoms with Crippen LogP contribution in [-0.4, -0.2) is 52.4 Å². The van der Waals surface area contributed by atoms with Crippen LogP contribution in [0.3, 0.4) is 0 Å². The molecule has 13 heteroatoms. The van der Waals surface area contributed by atoms with Gasteiger partial charge in [-0.15, -0.1) is 0 Å². The van der Waals surface area contributed by atoms with E-state index in [1.54, 1.807) is 22.9 Å². The van der Waals surface area contributed by atoms with E-state index in [1.807, 2.05) is 30.3 Å². The number of rotatable bonds is 8. The topological polar surface area (TPSA) is 173 Å². The number of H-pyrrole nitrogens is 1. The number of anilines is 2. The van der Waals surface area contributed by atoms with Crippen LogP contribution in [-0.2, 0) is 22.1 Å². The van der Waals surface area contributed by atoms with Gasteiger partial charge in [-0.1, -0.05) is 30.3 Å². The molecule has 0 bridgehead atoms. The van der Waals surface area contributed by atoms with E-state index in [9.17, 15) is 28.4 Å². The van der Waals surface area contributed by atoms with E-state index >= 15 is 0 Å². The Morgan fingerprint density at radius 1 is 1.10 bits per heavy atom. The molecule has 5 rings (SSSR count). The SMILES string of the molecule is N#CCC1(n2nc(Nc3ccc(S(=O)(=O)NCc4ccccc4)cc3)c3c(=O)[nH]ccc32)CCN(C(=O)O)CC1. The molecule has 0 atom stereocenters. The molecule has 0 saturated carbocycles. The summed E-state index contributed by atoms with van der Waals surface area (Å²) >= 11 is 0. The van der Waals surface area contributed by atoms with E-state index in [0.29, 0.717) is 24.0 Å². The largest absolute Gasteiger partial charge is 0.465 e. The number of aromatic nitrogens is 3. The highest BCUT2D eigenvalue weighted by Gasteiger charge is 2.40. The molecule has 1 saturated heterocycles. The van der Waals surface area contributed by atoms with Crippen molar-refractivity contribution in [1.29, 1.82) is 5.26 Å². The highest BCUT2D eigenvalue weighted by Crippen LogP contribution is 2.37. The first-order chi connectivity index (χ1) is 19.2. The normalized spacial score (nSPS) is 15.0. The van der Waals surface area contributed by atoms with E-state index in [-0.39, 0.29) is 47.7 Å². The van der Waals surface area contributed by atoms with Gasteiger partial charge in [0.1, 0.15) is 5.39 Å². The number of nitriles is 1. The lowest BCUT2D eigenvalue weighted by Gasteiger charge is -2.40. The third-order valence-electron chi connectivity index (χ3n) is 7.16. The molecule has 2 aromatic carbocycles. The number of piperidine rings is 1. The van der Waals surface area contributed by atoms with Crippen molar-refractivity contribution in [3.8, 4) is 6.07 Å². The zero-order chi connectivity index (χ0) is 28.3. The average molecular weight is 562 g/mol. The number of pyridine rings is 1. The lowest BCUT2D eigenvalue weighted by atomic mass is 9.85. The smallest absolute Gasteiger partial charge is 0.407 e. The van der Waals surface area contributed by atoms with E-state index in [2.05, 4.69) is 21.1 Å². The number of nitrogens with one attached hydrogen (secondary N) is 3. The molecule has 0 spiro atoms. The molecule has 1 aliphatic heterocycles. The average Bonchev–Trinajstić information content (AvgIpc) is 3.33. The van der Waals surface area contributed by atoms with E-state index in [0.717, 1.165) is 5.56 Å². The number of likely N-dealkylation sites (tertiary alicyclic amines) is 1. The summed E-state index contributed by atoms with van der Waals surface area (Å²) in [5.74, 6) is 0.243. The van der Waals surface area contributed by atoms with Gasteiger partial charge in [0.25, 0.3) is 5.56 Å². The van der Waals surface area contributed by atoms with Gasteiger partial charge in [0.05, 0.1) is 28.4 Å². The second-order valence-corrected chi connectivity index (χ2v) is 11.4. The minimum absolute atomic E-state index is 0.0837. The number of sulfonamides is 1. The van der Waals surface area contributed by atoms with Crippen LogP contribution in [0.1, 0.15) is 24.8 Å². The number of nitrogens with zero attached hydrogens (tertiary/aromatic N) is 4. The Morgan fingerprint density at radius 3 is 2.45 bits per heavy atom. The molecule has 12 nitrogen and oxygen atoms in total. The Morgan fingerprint density at radius 2 is 1.80 bits per heavy atom. The second kappa shape index (κ2) is 10.8. The molecule has 1 fully saturated rings. The van der Waals surface area contributed by atoms with Crippen LogP contribution in [0.4, 0.5) is 16.3 Å². The van der Waals surface area contributed by atoms with Gasteiger partial charge in [-0.25, -0.2) is 17.9 Å². The first kappa shape index (κ1) is 26.9. The van der Waals surface area contributed by atoms with E-state index < -0.39 is 21.7 Å². The summed E-state index contributed by atoms with van der Waals surface area (Å²) in [5.41, 5.74) is 0.668. The van der Waals surface area contributed by atoms with Gasteiger partial charge in [0.15, 0.2) is 5.82 Å². The second-order valence-electron chi connectivity index (χ2n) is 9.62. The number of benzene rings is 2. The van der Waals surface area contributed by atoms with Gasteiger partial charge < -0.3 is 20.3 Å². The van der Waals surface area contributed by atoms with Crippen LogP contribution in [0.15, 0.2) is 76.6 Å².